The number of hydrogen-bond donors (Lipinski definition) is 0. The van der Waals surface area contributed by atoms with E-state index in [4.69, 9.17) is 4.74 Å². The summed E-state index contributed by atoms with van der Waals surface area (Å²) in [7, 11) is 0. The first-order valence-electron chi connectivity index (χ1n) is 9.81. The first-order valence-corrected chi connectivity index (χ1v) is 9.81. The summed E-state index contributed by atoms with van der Waals surface area (Å²) >= 11 is 0. The maximum Gasteiger partial charge on any atom is 0.132 e. The van der Waals surface area contributed by atoms with Gasteiger partial charge in [0.25, 0.3) is 0 Å². The molecule has 0 spiro atoms. The molecule has 0 aromatic carbocycles. The molecule has 3 rings (SSSR count). The van der Waals surface area contributed by atoms with Crippen molar-refractivity contribution < 1.29 is 4.74 Å². The van der Waals surface area contributed by atoms with Crippen LogP contribution in [-0.2, 0) is 4.74 Å². The van der Waals surface area contributed by atoms with E-state index >= 15 is 0 Å². The Morgan fingerprint density at radius 1 is 1.08 bits per heavy atom. The summed E-state index contributed by atoms with van der Waals surface area (Å²) in [6, 6.07) is 1.99. The highest BCUT2D eigenvalue weighted by Crippen LogP contribution is 2.19. The Morgan fingerprint density at radius 2 is 1.81 bits per heavy atom. The molecule has 0 radical (unpaired) electrons. The van der Waals surface area contributed by atoms with Gasteiger partial charge in [-0.05, 0) is 32.4 Å². The van der Waals surface area contributed by atoms with Gasteiger partial charge in [0.1, 0.15) is 18.2 Å². The zero-order valence-corrected chi connectivity index (χ0v) is 16.2. The van der Waals surface area contributed by atoms with Gasteiger partial charge in [-0.3, -0.25) is 4.90 Å². The smallest absolute Gasteiger partial charge is 0.132 e. The molecule has 0 unspecified atom stereocenters. The molecule has 0 saturated carbocycles. The zero-order chi connectivity index (χ0) is 18.2. The molecule has 142 valence electrons. The van der Waals surface area contributed by atoms with Crippen molar-refractivity contribution in [2.45, 2.75) is 32.8 Å². The summed E-state index contributed by atoms with van der Waals surface area (Å²) in [6.45, 7) is 13.3. The first kappa shape index (κ1) is 19.1. The Hall–Kier alpha value is -1.68. The van der Waals surface area contributed by atoms with Crippen molar-refractivity contribution in [3.05, 3.63) is 18.1 Å². The molecule has 1 aromatic rings. The molecular formula is C20H31N5O. The van der Waals surface area contributed by atoms with Gasteiger partial charge in [-0.1, -0.05) is 18.8 Å². The largest absolute Gasteiger partial charge is 0.365 e. The summed E-state index contributed by atoms with van der Waals surface area (Å²) in [5.41, 5.74) is 0. The van der Waals surface area contributed by atoms with E-state index in [1.807, 2.05) is 19.2 Å². The number of hydrogen-bond acceptors (Lipinski definition) is 6. The van der Waals surface area contributed by atoms with E-state index in [1.165, 1.54) is 13.1 Å². The number of likely N-dealkylation sites (N-methyl/N-ethyl adjacent to an activating group) is 1. The van der Waals surface area contributed by atoms with Crippen LogP contribution in [0.15, 0.2) is 12.3 Å². The van der Waals surface area contributed by atoms with Crippen LogP contribution >= 0.6 is 0 Å². The molecule has 2 saturated heterocycles. The fourth-order valence-electron chi connectivity index (χ4n) is 3.51. The highest BCUT2D eigenvalue weighted by molar-refractivity contribution is 5.37. The number of aryl methyl sites for hydroxylation is 1. The number of aromatic nitrogens is 2. The standard InChI is InChI=1S/C20H31N5O/c1-3-23-13-15-24(16-14-23)10-4-5-17-26-19-7-11-25(12-8-19)20-6-9-21-18(2)22-20/h6,9,19H,3,7-8,10-17H2,1-2H3. The second-order valence-corrected chi connectivity index (χ2v) is 7.02. The number of anilines is 1. The van der Waals surface area contributed by atoms with Crippen LogP contribution in [0, 0.1) is 18.8 Å². The van der Waals surface area contributed by atoms with E-state index < -0.39 is 0 Å². The summed E-state index contributed by atoms with van der Waals surface area (Å²) in [6.07, 6.45) is 4.21. The fourth-order valence-corrected chi connectivity index (χ4v) is 3.51. The SMILES string of the molecule is CCN1CCN(CC#CCOC2CCN(c3ccnc(C)n3)CC2)CC1. The molecule has 2 aliphatic heterocycles. The van der Waals surface area contributed by atoms with Crippen LogP contribution in [-0.4, -0.2) is 84.8 Å². The molecule has 3 heterocycles. The van der Waals surface area contributed by atoms with Gasteiger partial charge >= 0.3 is 0 Å². The highest BCUT2D eigenvalue weighted by Gasteiger charge is 2.20. The summed E-state index contributed by atoms with van der Waals surface area (Å²) < 4.78 is 5.95. The molecule has 0 N–H and O–H groups in total. The minimum absolute atomic E-state index is 0.316. The van der Waals surface area contributed by atoms with Crippen molar-refractivity contribution in [3.8, 4) is 11.8 Å². The van der Waals surface area contributed by atoms with Crippen molar-refractivity contribution in [1.82, 2.24) is 19.8 Å². The lowest BCUT2D eigenvalue weighted by Gasteiger charge is -2.32. The molecule has 6 heteroatoms. The summed E-state index contributed by atoms with van der Waals surface area (Å²) in [5.74, 6) is 8.32. The minimum atomic E-state index is 0.316. The number of nitrogens with zero attached hydrogens (tertiary/aromatic N) is 5. The maximum absolute atomic E-state index is 5.95. The van der Waals surface area contributed by atoms with Gasteiger partial charge in [-0.25, -0.2) is 9.97 Å². The van der Waals surface area contributed by atoms with Crippen LogP contribution in [0.5, 0.6) is 0 Å². The predicted octanol–water partition coefficient (Wildman–Crippen LogP) is 1.41. The Balaban J connectivity index is 1.31. The highest BCUT2D eigenvalue weighted by atomic mass is 16.5. The lowest BCUT2D eigenvalue weighted by molar-refractivity contribution is 0.0593. The van der Waals surface area contributed by atoms with Crippen molar-refractivity contribution in [3.63, 3.8) is 0 Å². The van der Waals surface area contributed by atoms with Gasteiger partial charge < -0.3 is 14.5 Å². The number of ether oxygens (including phenoxy) is 1. The number of rotatable bonds is 5. The number of piperazine rings is 1. The minimum Gasteiger partial charge on any atom is -0.365 e. The Labute approximate surface area is 157 Å². The van der Waals surface area contributed by atoms with Crippen molar-refractivity contribution in [2.75, 3.05) is 63.9 Å². The van der Waals surface area contributed by atoms with Crippen molar-refractivity contribution in [2.24, 2.45) is 0 Å². The van der Waals surface area contributed by atoms with E-state index in [9.17, 15) is 0 Å². The monoisotopic (exact) mass is 357 g/mol. The van der Waals surface area contributed by atoms with E-state index in [-0.39, 0.29) is 0 Å². The van der Waals surface area contributed by atoms with Gasteiger partial charge in [0.05, 0.1) is 12.6 Å². The average molecular weight is 358 g/mol. The second-order valence-electron chi connectivity index (χ2n) is 7.02. The third kappa shape index (κ3) is 5.66. The Morgan fingerprint density at radius 3 is 2.50 bits per heavy atom. The summed E-state index contributed by atoms with van der Waals surface area (Å²) in [4.78, 5) is 15.9. The van der Waals surface area contributed by atoms with E-state index in [0.717, 1.165) is 63.8 Å². The van der Waals surface area contributed by atoms with E-state index in [1.54, 1.807) is 0 Å². The van der Waals surface area contributed by atoms with Gasteiger partial charge in [0.2, 0.25) is 0 Å². The van der Waals surface area contributed by atoms with Gasteiger partial charge in [0.15, 0.2) is 0 Å². The molecule has 0 amide bonds. The van der Waals surface area contributed by atoms with Crippen LogP contribution < -0.4 is 4.90 Å². The van der Waals surface area contributed by atoms with Crippen molar-refractivity contribution in [1.29, 1.82) is 0 Å². The van der Waals surface area contributed by atoms with E-state index in [0.29, 0.717) is 12.7 Å². The van der Waals surface area contributed by atoms with Crippen LogP contribution in [0.4, 0.5) is 5.82 Å². The zero-order valence-electron chi connectivity index (χ0n) is 16.2. The number of piperidine rings is 1. The predicted molar refractivity (Wildman–Crippen MR) is 104 cm³/mol. The lowest BCUT2D eigenvalue weighted by atomic mass is 10.1. The molecule has 2 fully saturated rings. The van der Waals surface area contributed by atoms with Gasteiger partial charge in [-0.2, -0.15) is 0 Å². The van der Waals surface area contributed by atoms with Gasteiger partial charge in [0, 0.05) is 45.5 Å². The van der Waals surface area contributed by atoms with Crippen LogP contribution in [0.2, 0.25) is 0 Å². The molecule has 0 aliphatic carbocycles. The third-order valence-electron chi connectivity index (χ3n) is 5.26. The van der Waals surface area contributed by atoms with Crippen LogP contribution in [0.3, 0.4) is 0 Å². The molecule has 0 atom stereocenters. The van der Waals surface area contributed by atoms with Crippen molar-refractivity contribution >= 4 is 5.82 Å². The Kier molecular flexibility index (Phi) is 7.24. The normalized spacial score (nSPS) is 20.0. The van der Waals surface area contributed by atoms with E-state index in [2.05, 4.69) is 43.4 Å². The molecule has 1 aromatic heterocycles. The quantitative estimate of drug-likeness (QED) is 0.743. The van der Waals surface area contributed by atoms with Crippen LogP contribution in [0.1, 0.15) is 25.6 Å². The molecule has 6 nitrogen and oxygen atoms in total. The summed E-state index contributed by atoms with van der Waals surface area (Å²) in [5, 5.41) is 0. The molecule has 26 heavy (non-hydrogen) atoms. The molecular weight excluding hydrogens is 326 g/mol. The fraction of sp³-hybridized carbons (Fsp3) is 0.700. The third-order valence-corrected chi connectivity index (χ3v) is 5.26. The average Bonchev–Trinajstić information content (AvgIpc) is 2.69. The second kappa shape index (κ2) is 9.86. The molecule has 0 bridgehead atoms. The molecule has 2 aliphatic rings. The maximum atomic E-state index is 5.95. The Bertz CT molecular complexity index is 610. The van der Waals surface area contributed by atoms with Crippen LogP contribution in [0.25, 0.3) is 0 Å². The topological polar surface area (TPSA) is 44.7 Å². The lowest BCUT2D eigenvalue weighted by Crippen LogP contribution is -2.46. The van der Waals surface area contributed by atoms with Gasteiger partial charge in [-0.15, -0.1) is 0 Å². The first-order chi connectivity index (χ1) is 12.7.